The molecule has 2 aromatic heterocycles. The number of aromatic hydroxyl groups is 1. The van der Waals surface area contributed by atoms with E-state index in [0.717, 1.165) is 18.7 Å². The first-order valence-electron chi connectivity index (χ1n) is 10.9. The number of nitrogens with zero attached hydrogens (tertiary/aromatic N) is 6. The summed E-state index contributed by atoms with van der Waals surface area (Å²) in [5.41, 5.74) is 2.09. The first-order chi connectivity index (χ1) is 15.4. The van der Waals surface area contributed by atoms with Gasteiger partial charge in [0.2, 0.25) is 0 Å². The Labute approximate surface area is 186 Å². The SMILES string of the molecule is COc1ncnc(-c2ccc(-c3ccc(N(C)[C@H]4CC5CC[C@](C)(C4)N5)nn3)c(O)c2)n1. The first-order valence-corrected chi connectivity index (χ1v) is 10.9. The number of aromatic nitrogens is 5. The van der Waals surface area contributed by atoms with Gasteiger partial charge in [0.15, 0.2) is 11.6 Å². The number of anilines is 1. The van der Waals surface area contributed by atoms with Crippen molar-refractivity contribution in [1.29, 1.82) is 0 Å². The smallest absolute Gasteiger partial charge is 0.319 e. The minimum Gasteiger partial charge on any atom is -0.507 e. The summed E-state index contributed by atoms with van der Waals surface area (Å²) in [6, 6.07) is 10.4. The highest BCUT2D eigenvalue weighted by Crippen LogP contribution is 2.38. The molecule has 3 atom stereocenters. The lowest BCUT2D eigenvalue weighted by molar-refractivity contribution is 0.266. The van der Waals surface area contributed by atoms with Crippen molar-refractivity contribution in [3.8, 4) is 34.4 Å². The third kappa shape index (κ3) is 3.84. The summed E-state index contributed by atoms with van der Waals surface area (Å²) in [7, 11) is 3.59. The zero-order valence-corrected chi connectivity index (χ0v) is 18.5. The molecule has 9 nitrogen and oxygen atoms in total. The number of fused-ring (bicyclic) bond motifs is 2. The second-order valence-corrected chi connectivity index (χ2v) is 8.95. The lowest BCUT2D eigenvalue weighted by Gasteiger charge is -2.41. The third-order valence-corrected chi connectivity index (χ3v) is 6.66. The van der Waals surface area contributed by atoms with E-state index in [1.165, 1.54) is 26.3 Å². The van der Waals surface area contributed by atoms with Gasteiger partial charge >= 0.3 is 6.01 Å². The van der Waals surface area contributed by atoms with Gasteiger partial charge in [0.05, 0.1) is 12.8 Å². The van der Waals surface area contributed by atoms with Crippen molar-refractivity contribution in [2.75, 3.05) is 19.1 Å². The summed E-state index contributed by atoms with van der Waals surface area (Å²) in [5.74, 6) is 1.35. The molecular weight excluding hydrogens is 406 g/mol. The van der Waals surface area contributed by atoms with Crippen LogP contribution in [0.3, 0.4) is 0 Å². The Bertz CT molecular complexity index is 1120. The molecule has 0 aliphatic carbocycles. The van der Waals surface area contributed by atoms with Gasteiger partial charge in [0.25, 0.3) is 0 Å². The van der Waals surface area contributed by atoms with Crippen LogP contribution in [0.15, 0.2) is 36.7 Å². The highest BCUT2D eigenvalue weighted by Gasteiger charge is 2.43. The molecule has 3 aromatic rings. The van der Waals surface area contributed by atoms with E-state index in [9.17, 15) is 5.11 Å². The van der Waals surface area contributed by atoms with Crippen molar-refractivity contribution in [3.05, 3.63) is 36.7 Å². The zero-order chi connectivity index (χ0) is 22.3. The van der Waals surface area contributed by atoms with Crippen LogP contribution in [-0.4, -0.2) is 62.0 Å². The second-order valence-electron chi connectivity index (χ2n) is 8.95. The van der Waals surface area contributed by atoms with Crippen molar-refractivity contribution in [2.45, 2.75) is 50.2 Å². The predicted molar refractivity (Wildman–Crippen MR) is 120 cm³/mol. The minimum absolute atomic E-state index is 0.0835. The molecule has 2 bridgehead atoms. The van der Waals surface area contributed by atoms with Crippen molar-refractivity contribution in [2.24, 2.45) is 0 Å². The van der Waals surface area contributed by atoms with Gasteiger partial charge in [-0.1, -0.05) is 6.07 Å². The quantitative estimate of drug-likeness (QED) is 0.628. The van der Waals surface area contributed by atoms with Gasteiger partial charge in [-0.3, -0.25) is 0 Å². The van der Waals surface area contributed by atoms with Crippen LogP contribution in [-0.2, 0) is 0 Å². The molecule has 2 saturated heterocycles. The van der Waals surface area contributed by atoms with Gasteiger partial charge in [0, 0.05) is 35.8 Å². The fourth-order valence-electron chi connectivity index (χ4n) is 4.94. The number of piperidine rings is 1. The van der Waals surface area contributed by atoms with E-state index >= 15 is 0 Å². The Morgan fingerprint density at radius 3 is 2.78 bits per heavy atom. The number of methoxy groups -OCH3 is 1. The van der Waals surface area contributed by atoms with Crippen LogP contribution in [0.4, 0.5) is 5.82 Å². The fourth-order valence-corrected chi connectivity index (χ4v) is 4.94. The second kappa shape index (κ2) is 7.98. The van der Waals surface area contributed by atoms with Crippen molar-refractivity contribution in [1.82, 2.24) is 30.5 Å². The van der Waals surface area contributed by atoms with Crippen LogP contribution in [0.5, 0.6) is 11.8 Å². The molecule has 2 aliphatic heterocycles. The number of rotatable bonds is 5. The van der Waals surface area contributed by atoms with Gasteiger partial charge in [0.1, 0.15) is 12.1 Å². The lowest BCUT2D eigenvalue weighted by Crippen LogP contribution is -2.53. The molecule has 1 aromatic carbocycles. The summed E-state index contributed by atoms with van der Waals surface area (Å²) in [6.07, 6.45) is 6.09. The van der Waals surface area contributed by atoms with Gasteiger partial charge in [-0.15, -0.1) is 10.2 Å². The highest BCUT2D eigenvalue weighted by molar-refractivity contribution is 5.72. The highest BCUT2D eigenvalue weighted by atomic mass is 16.5. The molecule has 0 amide bonds. The number of hydrogen-bond acceptors (Lipinski definition) is 9. The Kier molecular flexibility index (Phi) is 5.13. The van der Waals surface area contributed by atoms with Gasteiger partial charge < -0.3 is 20.1 Å². The van der Waals surface area contributed by atoms with E-state index in [-0.39, 0.29) is 17.3 Å². The maximum absolute atomic E-state index is 10.6. The van der Waals surface area contributed by atoms with Crippen LogP contribution in [0.2, 0.25) is 0 Å². The van der Waals surface area contributed by atoms with Gasteiger partial charge in [-0.25, -0.2) is 4.98 Å². The van der Waals surface area contributed by atoms with Crippen LogP contribution in [0, 0.1) is 0 Å². The molecule has 2 aliphatic rings. The van der Waals surface area contributed by atoms with Crippen molar-refractivity contribution >= 4 is 5.82 Å². The first kappa shape index (κ1) is 20.6. The standard InChI is InChI=1S/C23H27N7O2/c1-23-9-8-15(27-23)11-16(12-23)30(2)20-7-6-18(28-29-20)17-5-4-14(10-19(17)31)21-24-13-25-22(26-21)32-3/h4-7,10,13,15-16,27,31H,8-9,11-12H2,1-3H3/t15?,16-,23+/m0/s1. The summed E-state index contributed by atoms with van der Waals surface area (Å²) >= 11 is 0. The van der Waals surface area contributed by atoms with Crippen LogP contribution in [0.1, 0.15) is 32.6 Å². The molecule has 166 valence electrons. The monoisotopic (exact) mass is 433 g/mol. The predicted octanol–water partition coefficient (Wildman–Crippen LogP) is 2.82. The van der Waals surface area contributed by atoms with E-state index in [1.54, 1.807) is 12.1 Å². The normalized spacial score (nSPS) is 24.3. The summed E-state index contributed by atoms with van der Waals surface area (Å²) < 4.78 is 5.04. The third-order valence-electron chi connectivity index (χ3n) is 6.66. The maximum atomic E-state index is 10.6. The number of hydrogen-bond donors (Lipinski definition) is 2. The summed E-state index contributed by atoms with van der Waals surface area (Å²) in [5, 5.41) is 23.2. The molecule has 0 radical (unpaired) electrons. The van der Waals surface area contributed by atoms with Crippen LogP contribution < -0.4 is 15.0 Å². The molecular formula is C23H27N7O2. The minimum atomic E-state index is 0.0835. The zero-order valence-electron chi connectivity index (χ0n) is 18.5. The van der Waals surface area contributed by atoms with Crippen molar-refractivity contribution in [3.63, 3.8) is 0 Å². The molecule has 2 N–H and O–H groups in total. The number of ether oxygens (including phenoxy) is 1. The van der Waals surface area contributed by atoms with E-state index in [4.69, 9.17) is 4.74 Å². The number of phenols is 1. The molecule has 32 heavy (non-hydrogen) atoms. The number of phenolic OH excluding ortho intramolecular Hbond substituents is 1. The van der Waals surface area contributed by atoms with E-state index in [1.807, 2.05) is 18.2 Å². The molecule has 4 heterocycles. The number of nitrogens with one attached hydrogen (secondary N) is 1. The summed E-state index contributed by atoms with van der Waals surface area (Å²) in [4.78, 5) is 14.5. The topological polar surface area (TPSA) is 109 Å². The molecule has 1 unspecified atom stereocenters. The van der Waals surface area contributed by atoms with Gasteiger partial charge in [-0.2, -0.15) is 9.97 Å². The molecule has 2 fully saturated rings. The fraction of sp³-hybridized carbons (Fsp3) is 0.435. The Balaban J connectivity index is 1.34. The Morgan fingerprint density at radius 2 is 2.06 bits per heavy atom. The van der Waals surface area contributed by atoms with Gasteiger partial charge in [-0.05, 0) is 56.9 Å². The van der Waals surface area contributed by atoms with Crippen LogP contribution >= 0.6 is 0 Å². The molecule has 0 saturated carbocycles. The molecule has 0 spiro atoms. The lowest BCUT2D eigenvalue weighted by atomic mass is 9.88. The van der Waals surface area contributed by atoms with E-state index < -0.39 is 0 Å². The largest absolute Gasteiger partial charge is 0.507 e. The average Bonchev–Trinajstić information content (AvgIpc) is 3.10. The molecule has 9 heteroatoms. The average molecular weight is 434 g/mol. The number of benzene rings is 1. The maximum Gasteiger partial charge on any atom is 0.319 e. The van der Waals surface area contributed by atoms with E-state index in [0.29, 0.717) is 34.7 Å². The van der Waals surface area contributed by atoms with Crippen LogP contribution in [0.25, 0.3) is 22.6 Å². The Hall–Kier alpha value is -3.33. The molecule has 5 rings (SSSR count). The van der Waals surface area contributed by atoms with Crippen molar-refractivity contribution < 1.29 is 9.84 Å². The van der Waals surface area contributed by atoms with E-state index in [2.05, 4.69) is 49.3 Å². The summed E-state index contributed by atoms with van der Waals surface area (Å²) in [6.45, 7) is 2.32. The Morgan fingerprint density at radius 1 is 1.19 bits per heavy atom.